The van der Waals surface area contributed by atoms with Crippen LogP contribution in [0.3, 0.4) is 0 Å². The molecule has 1 aliphatic rings. The number of phenols is 1. The maximum absolute atomic E-state index is 12.3. The molecule has 22 heavy (non-hydrogen) atoms. The fourth-order valence-corrected chi connectivity index (χ4v) is 2.25. The Morgan fingerprint density at radius 3 is 2.32 bits per heavy atom. The quantitative estimate of drug-likeness (QED) is 0.926. The lowest BCUT2D eigenvalue weighted by Gasteiger charge is -2.34. The van der Waals surface area contributed by atoms with Gasteiger partial charge >= 0.3 is 6.09 Å². The zero-order valence-electron chi connectivity index (χ0n) is 13.0. The zero-order chi connectivity index (χ0) is 16.1. The Labute approximate surface area is 130 Å². The molecule has 0 aliphatic carbocycles. The Morgan fingerprint density at radius 2 is 1.73 bits per heavy atom. The summed E-state index contributed by atoms with van der Waals surface area (Å²) < 4.78 is 5.19. The average Bonchev–Trinajstić information content (AvgIpc) is 2.52. The van der Waals surface area contributed by atoms with Gasteiger partial charge in [-0.05, 0) is 18.1 Å². The second-order valence-corrected chi connectivity index (χ2v) is 5.77. The molecule has 6 nitrogen and oxygen atoms in total. The first-order valence-corrected chi connectivity index (χ1v) is 7.48. The van der Waals surface area contributed by atoms with E-state index < -0.39 is 0 Å². The summed E-state index contributed by atoms with van der Waals surface area (Å²) in [5.74, 6) is 0.0624. The number of phenolic OH excluding ortho intramolecular Hbond substituents is 1. The van der Waals surface area contributed by atoms with Gasteiger partial charge in [-0.15, -0.1) is 0 Å². The van der Waals surface area contributed by atoms with Gasteiger partial charge in [0.2, 0.25) is 0 Å². The lowest BCUT2D eigenvalue weighted by molar-refractivity contribution is 0.0533. The molecule has 6 heteroatoms. The van der Waals surface area contributed by atoms with E-state index in [0.29, 0.717) is 44.3 Å². The predicted molar refractivity (Wildman–Crippen MR) is 81.8 cm³/mol. The van der Waals surface area contributed by atoms with Gasteiger partial charge < -0.3 is 19.6 Å². The zero-order valence-corrected chi connectivity index (χ0v) is 13.0. The second kappa shape index (κ2) is 7.15. The smallest absolute Gasteiger partial charge is 0.409 e. The van der Waals surface area contributed by atoms with Crippen LogP contribution in [0.25, 0.3) is 0 Å². The summed E-state index contributed by atoms with van der Waals surface area (Å²) in [6.07, 6.45) is -0.330. The van der Waals surface area contributed by atoms with Gasteiger partial charge in [0.1, 0.15) is 5.75 Å². The molecule has 0 radical (unpaired) electrons. The van der Waals surface area contributed by atoms with Crippen LogP contribution in [0.1, 0.15) is 24.2 Å². The highest BCUT2D eigenvalue weighted by Gasteiger charge is 2.26. The number of para-hydroxylation sites is 1. The van der Waals surface area contributed by atoms with Gasteiger partial charge in [0.05, 0.1) is 12.2 Å². The highest BCUT2D eigenvalue weighted by Crippen LogP contribution is 2.18. The number of carbonyl (C=O) groups is 2. The Balaban J connectivity index is 1.88. The molecule has 0 unspecified atom stereocenters. The van der Waals surface area contributed by atoms with Gasteiger partial charge in [0, 0.05) is 26.2 Å². The first-order valence-electron chi connectivity index (χ1n) is 7.48. The molecule has 1 aromatic rings. The van der Waals surface area contributed by atoms with Crippen molar-refractivity contribution in [3.63, 3.8) is 0 Å². The number of rotatable bonds is 3. The number of benzene rings is 1. The minimum absolute atomic E-state index is 0.0220. The van der Waals surface area contributed by atoms with Gasteiger partial charge in [0.15, 0.2) is 0 Å². The fraction of sp³-hybridized carbons (Fsp3) is 0.500. The van der Waals surface area contributed by atoms with Crippen molar-refractivity contribution in [2.45, 2.75) is 13.8 Å². The molecule has 1 fully saturated rings. The number of piperazine rings is 1. The first-order chi connectivity index (χ1) is 10.5. The highest BCUT2D eigenvalue weighted by atomic mass is 16.6. The Kier molecular flexibility index (Phi) is 5.25. The van der Waals surface area contributed by atoms with E-state index in [1.54, 1.807) is 28.0 Å². The van der Waals surface area contributed by atoms with Gasteiger partial charge in [-0.25, -0.2) is 4.79 Å². The van der Waals surface area contributed by atoms with Crippen molar-refractivity contribution >= 4 is 12.0 Å². The summed E-state index contributed by atoms with van der Waals surface area (Å²) in [5.41, 5.74) is 0.290. The molecule has 1 aromatic carbocycles. The van der Waals surface area contributed by atoms with E-state index >= 15 is 0 Å². The van der Waals surface area contributed by atoms with E-state index in [9.17, 15) is 14.7 Å². The van der Waals surface area contributed by atoms with Crippen molar-refractivity contribution in [2.24, 2.45) is 5.92 Å². The van der Waals surface area contributed by atoms with Crippen molar-refractivity contribution in [3.8, 4) is 5.75 Å². The monoisotopic (exact) mass is 306 g/mol. The third kappa shape index (κ3) is 3.90. The van der Waals surface area contributed by atoms with Gasteiger partial charge in [0.25, 0.3) is 5.91 Å². The summed E-state index contributed by atoms with van der Waals surface area (Å²) in [5, 5.41) is 9.74. The lowest BCUT2D eigenvalue weighted by atomic mass is 10.1. The number of amides is 2. The van der Waals surface area contributed by atoms with E-state index in [2.05, 4.69) is 0 Å². The molecule has 1 N–H and O–H groups in total. The summed E-state index contributed by atoms with van der Waals surface area (Å²) in [4.78, 5) is 27.5. The predicted octanol–water partition coefficient (Wildman–Crippen LogP) is 1.94. The van der Waals surface area contributed by atoms with Crippen LogP contribution in [0.2, 0.25) is 0 Å². The Hall–Kier alpha value is -2.24. The van der Waals surface area contributed by atoms with Gasteiger partial charge in [-0.1, -0.05) is 26.0 Å². The highest BCUT2D eigenvalue weighted by molar-refractivity contribution is 5.96. The minimum Gasteiger partial charge on any atom is -0.507 e. The molecule has 2 rings (SSSR count). The first kappa shape index (κ1) is 16.1. The molecule has 0 atom stereocenters. The second-order valence-electron chi connectivity index (χ2n) is 5.77. The van der Waals surface area contributed by atoms with Crippen molar-refractivity contribution in [1.82, 2.24) is 9.80 Å². The lowest BCUT2D eigenvalue weighted by Crippen LogP contribution is -2.50. The Morgan fingerprint density at radius 1 is 1.14 bits per heavy atom. The summed E-state index contributed by atoms with van der Waals surface area (Å²) in [6.45, 7) is 6.11. The van der Waals surface area contributed by atoms with Crippen LogP contribution in [-0.4, -0.2) is 59.7 Å². The van der Waals surface area contributed by atoms with Crippen LogP contribution >= 0.6 is 0 Å². The maximum Gasteiger partial charge on any atom is 0.409 e. The van der Waals surface area contributed by atoms with Crippen molar-refractivity contribution in [2.75, 3.05) is 32.8 Å². The topological polar surface area (TPSA) is 70.1 Å². The van der Waals surface area contributed by atoms with E-state index in [1.165, 1.54) is 6.07 Å². The average molecular weight is 306 g/mol. The summed E-state index contributed by atoms with van der Waals surface area (Å²) in [7, 11) is 0. The maximum atomic E-state index is 12.3. The SMILES string of the molecule is CC(C)COC(=O)N1CCN(C(=O)c2ccccc2O)CC1. The molecular formula is C16H22N2O4. The fourth-order valence-electron chi connectivity index (χ4n) is 2.25. The molecule has 0 saturated carbocycles. The van der Waals surface area contributed by atoms with Gasteiger partial charge in [-0.3, -0.25) is 4.79 Å². The third-order valence-electron chi connectivity index (χ3n) is 3.50. The van der Waals surface area contributed by atoms with E-state index in [1.807, 2.05) is 13.8 Å². The molecule has 1 aliphatic heterocycles. The Bertz CT molecular complexity index is 537. The van der Waals surface area contributed by atoms with Crippen LogP contribution in [0, 0.1) is 5.92 Å². The van der Waals surface area contributed by atoms with Crippen LogP contribution in [0.5, 0.6) is 5.75 Å². The minimum atomic E-state index is -0.330. The number of hydrogen-bond acceptors (Lipinski definition) is 4. The standard InChI is InChI=1S/C16H22N2O4/c1-12(2)11-22-16(21)18-9-7-17(8-10-18)15(20)13-5-3-4-6-14(13)19/h3-6,12,19H,7-11H2,1-2H3. The summed E-state index contributed by atoms with van der Waals surface area (Å²) >= 11 is 0. The normalized spacial score (nSPS) is 15.0. The molecule has 0 bridgehead atoms. The van der Waals surface area contributed by atoms with Gasteiger partial charge in [-0.2, -0.15) is 0 Å². The van der Waals surface area contributed by atoms with E-state index in [0.717, 1.165) is 0 Å². The molecule has 0 aromatic heterocycles. The van der Waals surface area contributed by atoms with E-state index in [-0.39, 0.29) is 17.7 Å². The number of hydrogen-bond donors (Lipinski definition) is 1. The molecular weight excluding hydrogens is 284 g/mol. The number of ether oxygens (including phenoxy) is 1. The summed E-state index contributed by atoms with van der Waals surface area (Å²) in [6, 6.07) is 6.48. The molecule has 1 saturated heterocycles. The number of nitrogens with zero attached hydrogens (tertiary/aromatic N) is 2. The van der Waals surface area contributed by atoms with Crippen molar-refractivity contribution < 1.29 is 19.4 Å². The third-order valence-corrected chi connectivity index (χ3v) is 3.50. The number of carbonyl (C=O) groups excluding carboxylic acids is 2. The largest absolute Gasteiger partial charge is 0.507 e. The van der Waals surface area contributed by atoms with Crippen LogP contribution < -0.4 is 0 Å². The molecule has 1 heterocycles. The molecule has 120 valence electrons. The van der Waals surface area contributed by atoms with Crippen molar-refractivity contribution in [1.29, 1.82) is 0 Å². The van der Waals surface area contributed by atoms with Crippen molar-refractivity contribution in [3.05, 3.63) is 29.8 Å². The van der Waals surface area contributed by atoms with E-state index in [4.69, 9.17) is 4.74 Å². The molecule has 2 amide bonds. The number of aromatic hydroxyl groups is 1. The van der Waals surface area contributed by atoms with Crippen LogP contribution in [-0.2, 0) is 4.74 Å². The molecule has 0 spiro atoms. The van der Waals surface area contributed by atoms with Crippen LogP contribution in [0.4, 0.5) is 4.79 Å². The van der Waals surface area contributed by atoms with Crippen LogP contribution in [0.15, 0.2) is 24.3 Å².